The van der Waals surface area contributed by atoms with Gasteiger partial charge in [-0.05, 0) is 26.9 Å². The van der Waals surface area contributed by atoms with E-state index in [0.717, 1.165) is 6.04 Å². The Morgan fingerprint density at radius 3 is 1.83 bits per heavy atom. The van der Waals surface area contributed by atoms with Crippen molar-refractivity contribution in [1.29, 1.82) is 0 Å². The normalized spacial score (nSPS) is 22.5. The van der Waals surface area contributed by atoms with Crippen LogP contribution >= 0.6 is 0 Å². The van der Waals surface area contributed by atoms with E-state index in [-0.39, 0.29) is 0 Å². The van der Waals surface area contributed by atoms with Crippen LogP contribution in [0.15, 0.2) is 0 Å². The molecule has 1 saturated heterocycles. The van der Waals surface area contributed by atoms with Gasteiger partial charge in [0.15, 0.2) is 0 Å². The van der Waals surface area contributed by atoms with Gasteiger partial charge in [0.25, 0.3) is 0 Å². The molecule has 0 radical (unpaired) electrons. The van der Waals surface area contributed by atoms with Crippen molar-refractivity contribution in [3.05, 3.63) is 0 Å². The Kier molecular flexibility index (Phi) is 3.50. The zero-order chi connectivity index (χ0) is 9.14. The summed E-state index contributed by atoms with van der Waals surface area (Å²) in [5.74, 6) is 0. The fourth-order valence-corrected chi connectivity index (χ4v) is 1.77. The Bertz CT molecular complexity index is 110. The minimum absolute atomic E-state index is 0.793. The van der Waals surface area contributed by atoms with Crippen LogP contribution < -0.4 is 0 Å². The van der Waals surface area contributed by atoms with Crippen molar-refractivity contribution in [2.75, 3.05) is 41.3 Å². The van der Waals surface area contributed by atoms with E-state index in [2.05, 4.69) is 43.1 Å². The molecule has 0 N–H and O–H groups in total. The first kappa shape index (κ1) is 9.96. The van der Waals surface area contributed by atoms with Gasteiger partial charge in [0, 0.05) is 33.2 Å². The summed E-state index contributed by atoms with van der Waals surface area (Å²) in [5, 5.41) is 4.60. The van der Waals surface area contributed by atoms with Crippen LogP contribution in [0.5, 0.6) is 0 Å². The minimum atomic E-state index is 0.793. The molecule has 0 aromatic heterocycles. The van der Waals surface area contributed by atoms with E-state index in [1.54, 1.807) is 0 Å². The number of hydrogen-bond donors (Lipinski definition) is 0. The lowest BCUT2D eigenvalue weighted by atomic mass is 10.1. The molecule has 0 bridgehead atoms. The maximum Gasteiger partial charge on any atom is 0.0148 e. The molecule has 0 aromatic carbocycles. The first-order chi connectivity index (χ1) is 5.61. The number of piperidine rings is 1. The van der Waals surface area contributed by atoms with Crippen molar-refractivity contribution in [2.24, 2.45) is 0 Å². The zero-order valence-corrected chi connectivity index (χ0v) is 8.75. The molecule has 0 saturated carbocycles. The molecule has 0 amide bonds. The van der Waals surface area contributed by atoms with Crippen LogP contribution in [-0.4, -0.2) is 62.2 Å². The maximum atomic E-state index is 2.40. The third-order valence-corrected chi connectivity index (χ3v) is 2.74. The molecule has 1 heterocycles. The van der Waals surface area contributed by atoms with Gasteiger partial charge < -0.3 is 4.90 Å². The Balaban J connectivity index is 2.30. The van der Waals surface area contributed by atoms with Crippen molar-refractivity contribution in [3.8, 4) is 0 Å². The maximum absolute atomic E-state index is 2.40. The fraction of sp³-hybridized carbons (Fsp3) is 1.00. The van der Waals surface area contributed by atoms with Gasteiger partial charge in [-0.1, -0.05) is 0 Å². The van der Waals surface area contributed by atoms with Crippen LogP contribution in [0.3, 0.4) is 0 Å². The standard InChI is InChI=1S/C9H21N3/c1-10(2)9-5-7-12(8-6-9)11(3)4/h9H,5-8H2,1-4H3. The predicted octanol–water partition coefficient (Wildman–Crippen LogP) is 0.489. The van der Waals surface area contributed by atoms with E-state index in [0.29, 0.717) is 0 Å². The highest BCUT2D eigenvalue weighted by atomic mass is 15.6. The second-order valence-corrected chi connectivity index (χ2v) is 4.00. The molecular formula is C9H21N3. The summed E-state index contributed by atoms with van der Waals surface area (Å²) in [6, 6.07) is 0.793. The third-order valence-electron chi connectivity index (χ3n) is 2.74. The second-order valence-electron chi connectivity index (χ2n) is 4.00. The molecule has 0 aromatic rings. The van der Waals surface area contributed by atoms with Crippen LogP contribution in [0, 0.1) is 0 Å². The molecule has 1 rings (SSSR count). The van der Waals surface area contributed by atoms with Gasteiger partial charge in [0.2, 0.25) is 0 Å². The van der Waals surface area contributed by atoms with Crippen molar-refractivity contribution < 1.29 is 0 Å². The van der Waals surface area contributed by atoms with Crippen LogP contribution in [0.25, 0.3) is 0 Å². The fourth-order valence-electron chi connectivity index (χ4n) is 1.77. The third kappa shape index (κ3) is 2.44. The monoisotopic (exact) mass is 171 g/mol. The molecule has 3 nitrogen and oxygen atoms in total. The number of hydrazine groups is 1. The summed E-state index contributed by atoms with van der Waals surface area (Å²) in [6.45, 7) is 2.41. The molecular weight excluding hydrogens is 150 g/mol. The smallest absolute Gasteiger partial charge is 0.0148 e. The summed E-state index contributed by atoms with van der Waals surface area (Å²) < 4.78 is 0. The first-order valence-electron chi connectivity index (χ1n) is 4.70. The zero-order valence-electron chi connectivity index (χ0n) is 8.75. The van der Waals surface area contributed by atoms with Crippen molar-refractivity contribution >= 4 is 0 Å². The summed E-state index contributed by atoms with van der Waals surface area (Å²) in [5.41, 5.74) is 0. The Morgan fingerprint density at radius 2 is 1.50 bits per heavy atom. The van der Waals surface area contributed by atoms with E-state index in [1.807, 2.05) is 0 Å². The number of nitrogens with zero attached hydrogens (tertiary/aromatic N) is 3. The van der Waals surface area contributed by atoms with Crippen LogP contribution in [0.4, 0.5) is 0 Å². The van der Waals surface area contributed by atoms with E-state index in [4.69, 9.17) is 0 Å². The van der Waals surface area contributed by atoms with Gasteiger partial charge in [-0.2, -0.15) is 0 Å². The van der Waals surface area contributed by atoms with Crippen LogP contribution in [-0.2, 0) is 0 Å². The molecule has 0 spiro atoms. The van der Waals surface area contributed by atoms with Crippen molar-refractivity contribution in [2.45, 2.75) is 18.9 Å². The lowest BCUT2D eigenvalue weighted by Crippen LogP contribution is -2.47. The topological polar surface area (TPSA) is 9.72 Å². The summed E-state index contributed by atoms with van der Waals surface area (Å²) in [4.78, 5) is 2.34. The highest BCUT2D eigenvalue weighted by molar-refractivity contribution is 4.74. The van der Waals surface area contributed by atoms with E-state index < -0.39 is 0 Å². The summed E-state index contributed by atoms with van der Waals surface area (Å²) >= 11 is 0. The molecule has 0 atom stereocenters. The van der Waals surface area contributed by atoms with E-state index in [1.165, 1.54) is 25.9 Å². The molecule has 1 aliphatic heterocycles. The number of hydrogen-bond acceptors (Lipinski definition) is 3. The molecule has 1 fully saturated rings. The van der Waals surface area contributed by atoms with Gasteiger partial charge >= 0.3 is 0 Å². The van der Waals surface area contributed by atoms with Gasteiger partial charge in [-0.15, -0.1) is 0 Å². The number of rotatable bonds is 2. The summed E-state index contributed by atoms with van der Waals surface area (Å²) in [7, 11) is 8.60. The molecule has 3 heteroatoms. The average Bonchev–Trinajstić information content (AvgIpc) is 2.04. The lowest BCUT2D eigenvalue weighted by molar-refractivity contribution is -0.0116. The quantitative estimate of drug-likeness (QED) is 0.598. The van der Waals surface area contributed by atoms with Gasteiger partial charge in [0.05, 0.1) is 0 Å². The van der Waals surface area contributed by atoms with E-state index >= 15 is 0 Å². The predicted molar refractivity (Wildman–Crippen MR) is 52.0 cm³/mol. The highest BCUT2D eigenvalue weighted by Crippen LogP contribution is 2.14. The highest BCUT2D eigenvalue weighted by Gasteiger charge is 2.20. The molecule has 1 aliphatic rings. The first-order valence-corrected chi connectivity index (χ1v) is 4.70. The van der Waals surface area contributed by atoms with E-state index in [9.17, 15) is 0 Å². The van der Waals surface area contributed by atoms with Gasteiger partial charge in [-0.25, -0.2) is 10.0 Å². The second kappa shape index (κ2) is 4.21. The Hall–Kier alpha value is -0.120. The summed E-state index contributed by atoms with van der Waals surface area (Å²) in [6.07, 6.45) is 2.59. The van der Waals surface area contributed by atoms with Crippen molar-refractivity contribution in [1.82, 2.24) is 14.9 Å². The Morgan fingerprint density at radius 1 is 1.00 bits per heavy atom. The minimum Gasteiger partial charge on any atom is -0.306 e. The Labute approximate surface area is 75.9 Å². The van der Waals surface area contributed by atoms with Crippen molar-refractivity contribution in [3.63, 3.8) is 0 Å². The SMILES string of the molecule is CN(C)C1CCN(N(C)C)CC1. The lowest BCUT2D eigenvalue weighted by Gasteiger charge is -2.38. The van der Waals surface area contributed by atoms with Crippen LogP contribution in [0.1, 0.15) is 12.8 Å². The molecule has 0 aliphatic carbocycles. The van der Waals surface area contributed by atoms with Gasteiger partial charge in [0.1, 0.15) is 0 Å². The van der Waals surface area contributed by atoms with Crippen LogP contribution in [0.2, 0.25) is 0 Å². The molecule has 0 unspecified atom stereocenters. The van der Waals surface area contributed by atoms with Gasteiger partial charge in [-0.3, -0.25) is 0 Å². The molecule has 12 heavy (non-hydrogen) atoms. The molecule has 72 valence electrons. The average molecular weight is 171 g/mol. The largest absolute Gasteiger partial charge is 0.306 e.